The first-order chi connectivity index (χ1) is 8.45. The Morgan fingerprint density at radius 1 is 1.50 bits per heavy atom. The summed E-state index contributed by atoms with van der Waals surface area (Å²) in [7, 11) is 0. The van der Waals surface area contributed by atoms with E-state index in [1.807, 2.05) is 0 Å². The van der Waals surface area contributed by atoms with E-state index in [1.165, 1.54) is 0 Å². The number of ketones is 1. The third-order valence-electron chi connectivity index (χ3n) is 5.44. The van der Waals surface area contributed by atoms with Gasteiger partial charge >= 0.3 is 5.97 Å². The summed E-state index contributed by atoms with van der Waals surface area (Å²) in [4.78, 5) is 22.7. The Morgan fingerprint density at radius 3 is 2.89 bits per heavy atom. The fraction of sp³-hybridized carbons (Fsp3) is 0.867. The van der Waals surface area contributed by atoms with E-state index < -0.39 is 5.97 Å². The Balaban J connectivity index is 2.05. The molecule has 0 heterocycles. The van der Waals surface area contributed by atoms with Crippen molar-refractivity contribution in [3.05, 3.63) is 0 Å². The zero-order valence-electron chi connectivity index (χ0n) is 11.4. The number of rotatable bonds is 4. The van der Waals surface area contributed by atoms with Gasteiger partial charge in [0.1, 0.15) is 5.78 Å². The van der Waals surface area contributed by atoms with Crippen molar-refractivity contribution in [2.45, 2.75) is 58.8 Å². The molecule has 2 aliphatic rings. The van der Waals surface area contributed by atoms with E-state index in [0.29, 0.717) is 17.6 Å². The van der Waals surface area contributed by atoms with Crippen LogP contribution in [0, 0.1) is 23.2 Å². The maximum atomic E-state index is 12.0. The van der Waals surface area contributed by atoms with Gasteiger partial charge in [-0.1, -0.05) is 13.8 Å². The van der Waals surface area contributed by atoms with Crippen LogP contribution in [0.4, 0.5) is 0 Å². The van der Waals surface area contributed by atoms with Crippen LogP contribution in [-0.2, 0) is 9.59 Å². The van der Waals surface area contributed by atoms with E-state index in [2.05, 4.69) is 13.8 Å². The molecular weight excluding hydrogens is 228 g/mol. The number of carbonyl (C=O) groups excluding carboxylic acids is 1. The minimum absolute atomic E-state index is 0.146. The molecule has 18 heavy (non-hydrogen) atoms. The van der Waals surface area contributed by atoms with E-state index in [9.17, 15) is 9.59 Å². The van der Waals surface area contributed by atoms with Crippen molar-refractivity contribution in [1.29, 1.82) is 0 Å². The van der Waals surface area contributed by atoms with E-state index in [4.69, 9.17) is 5.11 Å². The Morgan fingerprint density at radius 2 is 2.22 bits per heavy atom. The lowest BCUT2D eigenvalue weighted by molar-refractivity contribution is -0.138. The van der Waals surface area contributed by atoms with E-state index >= 15 is 0 Å². The molecule has 102 valence electrons. The lowest BCUT2D eigenvalue weighted by Gasteiger charge is -2.42. The Bertz CT molecular complexity index is 350. The lowest BCUT2D eigenvalue weighted by Crippen LogP contribution is -2.39. The highest BCUT2D eigenvalue weighted by Crippen LogP contribution is 2.57. The van der Waals surface area contributed by atoms with Crippen molar-refractivity contribution in [2.75, 3.05) is 0 Å². The Hall–Kier alpha value is -0.860. The highest BCUT2D eigenvalue weighted by Gasteiger charge is 2.52. The van der Waals surface area contributed by atoms with Gasteiger partial charge in [-0.3, -0.25) is 9.59 Å². The molecule has 1 N–H and O–H groups in total. The summed E-state index contributed by atoms with van der Waals surface area (Å²) in [6, 6.07) is 0. The fourth-order valence-electron chi connectivity index (χ4n) is 4.46. The third-order valence-corrected chi connectivity index (χ3v) is 5.44. The maximum Gasteiger partial charge on any atom is 0.303 e. The Labute approximate surface area is 109 Å². The number of aliphatic carboxylic acids is 1. The van der Waals surface area contributed by atoms with Crippen LogP contribution in [0.3, 0.4) is 0 Å². The van der Waals surface area contributed by atoms with Crippen LogP contribution in [0.5, 0.6) is 0 Å². The van der Waals surface area contributed by atoms with Gasteiger partial charge in [0.05, 0.1) is 0 Å². The summed E-state index contributed by atoms with van der Waals surface area (Å²) in [5.74, 6) is 0.953. The Kier molecular flexibility index (Phi) is 3.79. The molecule has 0 aromatic heterocycles. The van der Waals surface area contributed by atoms with Crippen molar-refractivity contribution in [2.24, 2.45) is 23.2 Å². The van der Waals surface area contributed by atoms with Gasteiger partial charge in [-0.25, -0.2) is 0 Å². The summed E-state index contributed by atoms with van der Waals surface area (Å²) in [5, 5.41) is 8.79. The van der Waals surface area contributed by atoms with Crippen LogP contribution in [0.1, 0.15) is 58.8 Å². The average molecular weight is 252 g/mol. The number of carboxylic acid groups (broad SMARTS) is 1. The predicted molar refractivity (Wildman–Crippen MR) is 69.2 cm³/mol. The second-order valence-corrected chi connectivity index (χ2v) is 6.47. The molecule has 3 heteroatoms. The van der Waals surface area contributed by atoms with Crippen molar-refractivity contribution in [1.82, 2.24) is 0 Å². The number of carboxylic acids is 1. The summed E-state index contributed by atoms with van der Waals surface area (Å²) in [6.07, 6.45) is 6.06. The topological polar surface area (TPSA) is 54.4 Å². The normalized spacial score (nSPS) is 37.3. The molecular formula is C15H24O3. The van der Waals surface area contributed by atoms with Crippen molar-refractivity contribution in [3.63, 3.8) is 0 Å². The number of fused-ring (bicyclic) bond motifs is 1. The van der Waals surface area contributed by atoms with Gasteiger partial charge < -0.3 is 5.11 Å². The average Bonchev–Trinajstić information content (AvgIpc) is 2.64. The standard InChI is InChI=1S/C15H24O3/c1-10(5-8-14(17)18)11-6-7-12-13(16)4-3-9-15(11,12)2/h10-12H,3-9H2,1-2H3,(H,17,18)/t10-,11-,12+,15-/m1/s1. The zero-order valence-corrected chi connectivity index (χ0v) is 11.4. The van der Waals surface area contributed by atoms with Gasteiger partial charge in [0, 0.05) is 18.8 Å². The number of hydrogen-bond donors (Lipinski definition) is 1. The molecule has 0 aliphatic heterocycles. The minimum Gasteiger partial charge on any atom is -0.481 e. The minimum atomic E-state index is -0.707. The zero-order chi connectivity index (χ0) is 13.3. The third kappa shape index (κ3) is 2.32. The van der Waals surface area contributed by atoms with Crippen LogP contribution in [0.15, 0.2) is 0 Å². The van der Waals surface area contributed by atoms with Crippen LogP contribution >= 0.6 is 0 Å². The first kappa shape index (κ1) is 13.6. The van der Waals surface area contributed by atoms with Crippen molar-refractivity contribution in [3.8, 4) is 0 Å². The molecule has 0 bridgehead atoms. The molecule has 0 saturated heterocycles. The van der Waals surface area contributed by atoms with Crippen LogP contribution in [-0.4, -0.2) is 16.9 Å². The van der Waals surface area contributed by atoms with Gasteiger partial charge in [-0.05, 0) is 49.4 Å². The van der Waals surface area contributed by atoms with Gasteiger partial charge in [-0.2, -0.15) is 0 Å². The molecule has 2 rings (SSSR count). The predicted octanol–water partition coefficient (Wildman–Crippen LogP) is 3.27. The maximum absolute atomic E-state index is 12.0. The molecule has 0 aromatic rings. The second-order valence-electron chi connectivity index (χ2n) is 6.47. The molecule has 3 nitrogen and oxygen atoms in total. The van der Waals surface area contributed by atoms with Gasteiger partial charge in [-0.15, -0.1) is 0 Å². The summed E-state index contributed by atoms with van der Waals surface area (Å²) in [6.45, 7) is 4.43. The molecule has 2 aliphatic carbocycles. The number of hydrogen-bond acceptors (Lipinski definition) is 2. The van der Waals surface area contributed by atoms with Crippen LogP contribution in [0.2, 0.25) is 0 Å². The molecule has 2 fully saturated rings. The van der Waals surface area contributed by atoms with E-state index in [-0.39, 0.29) is 17.8 Å². The molecule has 0 unspecified atom stereocenters. The largest absolute Gasteiger partial charge is 0.481 e. The first-order valence-electron chi connectivity index (χ1n) is 7.19. The highest BCUT2D eigenvalue weighted by atomic mass is 16.4. The smallest absolute Gasteiger partial charge is 0.303 e. The second kappa shape index (κ2) is 5.02. The summed E-state index contributed by atoms with van der Waals surface area (Å²) >= 11 is 0. The summed E-state index contributed by atoms with van der Waals surface area (Å²) in [5.41, 5.74) is 0.146. The number of carbonyl (C=O) groups is 2. The molecule has 0 amide bonds. The van der Waals surface area contributed by atoms with Gasteiger partial charge in [0.2, 0.25) is 0 Å². The number of Topliss-reactive ketones (excluding diaryl/α,β-unsaturated/α-hetero) is 1. The molecule has 2 saturated carbocycles. The monoisotopic (exact) mass is 252 g/mol. The molecule has 4 atom stereocenters. The van der Waals surface area contributed by atoms with Gasteiger partial charge in [0.25, 0.3) is 0 Å². The van der Waals surface area contributed by atoms with E-state index in [1.54, 1.807) is 0 Å². The molecule has 0 radical (unpaired) electrons. The fourth-order valence-corrected chi connectivity index (χ4v) is 4.46. The van der Waals surface area contributed by atoms with Crippen LogP contribution in [0.25, 0.3) is 0 Å². The van der Waals surface area contributed by atoms with Gasteiger partial charge in [0.15, 0.2) is 0 Å². The highest BCUT2D eigenvalue weighted by molar-refractivity contribution is 5.83. The first-order valence-corrected chi connectivity index (χ1v) is 7.19. The van der Waals surface area contributed by atoms with E-state index in [0.717, 1.165) is 38.5 Å². The van der Waals surface area contributed by atoms with Crippen LogP contribution < -0.4 is 0 Å². The quantitative estimate of drug-likeness (QED) is 0.835. The SMILES string of the molecule is C[C@H](CCC(=O)O)[C@H]1CC[C@H]2C(=O)CCC[C@]12C. The van der Waals surface area contributed by atoms with Crippen molar-refractivity contribution < 1.29 is 14.7 Å². The molecule has 0 aromatic carbocycles. The van der Waals surface area contributed by atoms with Crippen molar-refractivity contribution >= 4 is 11.8 Å². The summed E-state index contributed by atoms with van der Waals surface area (Å²) < 4.78 is 0. The lowest BCUT2D eigenvalue weighted by atomic mass is 9.62. The molecule has 0 spiro atoms.